The number of nitrogens with zero attached hydrogens (tertiary/aromatic N) is 4. The Morgan fingerprint density at radius 2 is 2.04 bits per heavy atom. The van der Waals surface area contributed by atoms with Gasteiger partial charge in [0.2, 0.25) is 5.91 Å². The Balaban J connectivity index is 1.93. The number of carbonyl (C=O) groups is 1. The summed E-state index contributed by atoms with van der Waals surface area (Å²) in [6, 6.07) is 7.73. The Morgan fingerprint density at radius 3 is 2.62 bits per heavy atom. The van der Waals surface area contributed by atoms with Gasteiger partial charge in [0.1, 0.15) is 5.82 Å². The molecule has 0 saturated carbocycles. The number of hydrogen-bond acceptors (Lipinski definition) is 5. The van der Waals surface area contributed by atoms with Gasteiger partial charge in [-0.05, 0) is 24.3 Å². The van der Waals surface area contributed by atoms with Crippen LogP contribution in [0.5, 0.6) is 0 Å². The van der Waals surface area contributed by atoms with Gasteiger partial charge in [-0.2, -0.15) is 0 Å². The molecule has 0 unspecified atom stereocenters. The Bertz CT molecular complexity index is 694. The van der Waals surface area contributed by atoms with E-state index < -0.39 is 0 Å². The van der Waals surface area contributed by atoms with Crippen molar-refractivity contribution in [1.82, 2.24) is 14.8 Å². The zero-order valence-electron chi connectivity index (χ0n) is 14.3. The highest BCUT2D eigenvalue weighted by atomic mass is 32.2. The summed E-state index contributed by atoms with van der Waals surface area (Å²) < 4.78 is 1.98. The van der Waals surface area contributed by atoms with Gasteiger partial charge in [-0.25, -0.2) is 0 Å². The number of carbonyl (C=O) groups excluding carboxylic acids is 1. The lowest BCUT2D eigenvalue weighted by molar-refractivity contribution is -0.113. The number of hydrogen-bond donors (Lipinski definition) is 1. The summed E-state index contributed by atoms with van der Waals surface area (Å²) in [5.74, 6) is 1.12. The van der Waals surface area contributed by atoms with E-state index in [9.17, 15) is 4.79 Å². The second-order valence-corrected chi connectivity index (χ2v) is 6.37. The second-order valence-electron chi connectivity index (χ2n) is 5.43. The van der Waals surface area contributed by atoms with Gasteiger partial charge in [0.25, 0.3) is 0 Å². The van der Waals surface area contributed by atoms with Gasteiger partial charge in [-0.15, -0.1) is 16.8 Å². The number of allylic oxidation sites excluding steroid dienone is 1. The first kappa shape index (κ1) is 18.1. The minimum Gasteiger partial charge on any atom is -0.378 e. The van der Waals surface area contributed by atoms with Crippen molar-refractivity contribution >= 4 is 29.0 Å². The highest BCUT2D eigenvalue weighted by Gasteiger charge is 2.12. The number of aromatic nitrogens is 3. The first-order valence-corrected chi connectivity index (χ1v) is 8.76. The average molecular weight is 345 g/mol. The van der Waals surface area contributed by atoms with E-state index in [1.807, 2.05) is 54.8 Å². The van der Waals surface area contributed by atoms with Crippen LogP contribution in [0.25, 0.3) is 0 Å². The molecule has 0 aliphatic rings. The Morgan fingerprint density at radius 1 is 1.33 bits per heavy atom. The topological polar surface area (TPSA) is 63.1 Å². The molecule has 6 nitrogen and oxygen atoms in total. The van der Waals surface area contributed by atoms with Gasteiger partial charge >= 0.3 is 0 Å². The summed E-state index contributed by atoms with van der Waals surface area (Å²) in [6.45, 7) is 6.43. The third-order valence-electron chi connectivity index (χ3n) is 3.42. The third-order valence-corrected chi connectivity index (χ3v) is 4.39. The molecule has 1 N–H and O–H groups in total. The minimum absolute atomic E-state index is 0.0659. The predicted molar refractivity (Wildman–Crippen MR) is 99.7 cm³/mol. The van der Waals surface area contributed by atoms with Crippen molar-refractivity contribution in [1.29, 1.82) is 0 Å². The van der Waals surface area contributed by atoms with E-state index in [4.69, 9.17) is 0 Å². The molecular formula is C17H23N5OS. The summed E-state index contributed by atoms with van der Waals surface area (Å²) in [5.41, 5.74) is 1.88. The number of rotatable bonds is 8. The normalized spacial score (nSPS) is 10.5. The van der Waals surface area contributed by atoms with E-state index >= 15 is 0 Å². The first-order chi connectivity index (χ1) is 11.5. The van der Waals surface area contributed by atoms with Crippen molar-refractivity contribution < 1.29 is 4.79 Å². The Labute approximate surface area is 147 Å². The lowest BCUT2D eigenvalue weighted by Crippen LogP contribution is -2.15. The molecule has 0 saturated heterocycles. The van der Waals surface area contributed by atoms with Crippen molar-refractivity contribution in [2.24, 2.45) is 0 Å². The van der Waals surface area contributed by atoms with Crippen LogP contribution in [0, 0.1) is 0 Å². The maximum atomic E-state index is 12.1. The van der Waals surface area contributed by atoms with Crippen LogP contribution >= 0.6 is 11.8 Å². The second kappa shape index (κ2) is 8.54. The molecule has 128 valence electrons. The molecule has 2 aromatic rings. The summed E-state index contributed by atoms with van der Waals surface area (Å²) in [6.07, 6.45) is 2.60. The molecule has 24 heavy (non-hydrogen) atoms. The van der Waals surface area contributed by atoms with Gasteiger partial charge in [-0.1, -0.05) is 24.8 Å². The summed E-state index contributed by atoms with van der Waals surface area (Å²) in [4.78, 5) is 14.1. The summed E-state index contributed by atoms with van der Waals surface area (Å²) >= 11 is 1.38. The fourth-order valence-electron chi connectivity index (χ4n) is 2.17. The van der Waals surface area contributed by atoms with Crippen LogP contribution in [0.1, 0.15) is 12.7 Å². The molecule has 0 aliphatic carbocycles. The van der Waals surface area contributed by atoms with Crippen LogP contribution in [0.15, 0.2) is 42.1 Å². The van der Waals surface area contributed by atoms with Gasteiger partial charge in [-0.3, -0.25) is 4.79 Å². The molecule has 0 spiro atoms. The molecule has 0 aliphatic heterocycles. The number of aryl methyl sites for hydroxylation is 1. The van der Waals surface area contributed by atoms with Crippen LogP contribution in [0.3, 0.4) is 0 Å². The van der Waals surface area contributed by atoms with Crippen molar-refractivity contribution in [3.63, 3.8) is 0 Å². The highest BCUT2D eigenvalue weighted by molar-refractivity contribution is 7.99. The molecular weight excluding hydrogens is 322 g/mol. The Kier molecular flexibility index (Phi) is 6.43. The van der Waals surface area contributed by atoms with Crippen molar-refractivity contribution in [3.05, 3.63) is 42.7 Å². The molecule has 0 fully saturated rings. The minimum atomic E-state index is -0.0659. The molecule has 1 heterocycles. The van der Waals surface area contributed by atoms with Gasteiger partial charge < -0.3 is 14.8 Å². The zero-order chi connectivity index (χ0) is 17.5. The smallest absolute Gasteiger partial charge is 0.234 e. The van der Waals surface area contributed by atoms with Crippen LogP contribution in [-0.2, 0) is 17.8 Å². The Hall–Kier alpha value is -2.28. The molecule has 0 radical (unpaired) electrons. The van der Waals surface area contributed by atoms with Crippen molar-refractivity contribution in [3.8, 4) is 0 Å². The lowest BCUT2D eigenvalue weighted by Gasteiger charge is -2.13. The number of nitrogens with one attached hydrogen (secondary N) is 1. The zero-order valence-corrected chi connectivity index (χ0v) is 15.1. The first-order valence-electron chi connectivity index (χ1n) is 7.78. The van der Waals surface area contributed by atoms with Crippen LogP contribution < -0.4 is 10.2 Å². The molecule has 2 rings (SSSR count). The van der Waals surface area contributed by atoms with Gasteiger partial charge in [0.15, 0.2) is 5.16 Å². The fraction of sp³-hybridized carbons (Fsp3) is 0.353. The third kappa shape index (κ3) is 4.61. The monoisotopic (exact) mass is 345 g/mol. The molecule has 7 heteroatoms. The standard InChI is InChI=1S/C17H23N5OS/c1-5-11-22-15(6-2)19-20-17(22)24-12-16(23)18-13-7-9-14(10-8-13)21(3)4/h5,7-10H,1,6,11-12H2,2-4H3,(H,18,23). The molecule has 1 amide bonds. The highest BCUT2D eigenvalue weighted by Crippen LogP contribution is 2.19. The summed E-state index contributed by atoms with van der Waals surface area (Å²) in [7, 11) is 3.96. The average Bonchev–Trinajstić information content (AvgIpc) is 2.96. The molecule has 1 aromatic carbocycles. The van der Waals surface area contributed by atoms with E-state index in [-0.39, 0.29) is 11.7 Å². The van der Waals surface area contributed by atoms with E-state index in [1.165, 1.54) is 11.8 Å². The van der Waals surface area contributed by atoms with Crippen molar-refractivity contribution in [2.45, 2.75) is 25.0 Å². The summed E-state index contributed by atoms with van der Waals surface area (Å²) in [5, 5.41) is 11.9. The molecule has 0 atom stereocenters. The van der Waals surface area contributed by atoms with Crippen molar-refractivity contribution in [2.75, 3.05) is 30.1 Å². The van der Waals surface area contributed by atoms with E-state index in [2.05, 4.69) is 22.1 Å². The van der Waals surface area contributed by atoms with Gasteiger partial charge in [0.05, 0.1) is 5.75 Å². The van der Waals surface area contributed by atoms with E-state index in [0.717, 1.165) is 28.8 Å². The fourth-order valence-corrected chi connectivity index (χ4v) is 2.94. The molecule has 0 bridgehead atoms. The SMILES string of the molecule is C=CCn1c(CC)nnc1SCC(=O)Nc1ccc(N(C)C)cc1. The van der Waals surface area contributed by atoms with Gasteiger partial charge in [0, 0.05) is 38.4 Å². The number of thioether (sulfide) groups is 1. The number of anilines is 2. The number of benzene rings is 1. The van der Waals surface area contributed by atoms with Crippen LogP contribution in [0.4, 0.5) is 11.4 Å². The lowest BCUT2D eigenvalue weighted by atomic mass is 10.2. The predicted octanol–water partition coefficient (Wildman–Crippen LogP) is 2.82. The van der Waals surface area contributed by atoms with E-state index in [1.54, 1.807) is 6.08 Å². The van der Waals surface area contributed by atoms with E-state index in [0.29, 0.717) is 6.54 Å². The number of amides is 1. The van der Waals surface area contributed by atoms with Crippen LogP contribution in [0.2, 0.25) is 0 Å². The molecule has 1 aromatic heterocycles. The largest absolute Gasteiger partial charge is 0.378 e. The maximum absolute atomic E-state index is 12.1. The maximum Gasteiger partial charge on any atom is 0.234 e. The quantitative estimate of drug-likeness (QED) is 0.589. The van der Waals surface area contributed by atoms with Crippen LogP contribution in [-0.4, -0.2) is 40.5 Å².